The van der Waals surface area contributed by atoms with E-state index in [9.17, 15) is 9.18 Å². The van der Waals surface area contributed by atoms with Crippen LogP contribution in [0.25, 0.3) is 10.9 Å². The lowest BCUT2D eigenvalue weighted by Gasteiger charge is -2.26. The Balaban J connectivity index is 0.000000774. The SMILES string of the molecule is CO.O=C(Cc1c[nH]c2cc(F)ccc12)N1CCOCC1. The fourth-order valence-electron chi connectivity index (χ4n) is 2.39. The molecular weight excluding hydrogens is 275 g/mol. The number of aliphatic hydroxyl groups excluding tert-OH is 1. The minimum absolute atomic E-state index is 0.0912. The molecule has 0 unspecified atom stereocenters. The van der Waals surface area contributed by atoms with E-state index in [2.05, 4.69) is 4.98 Å². The first-order valence-corrected chi connectivity index (χ1v) is 6.80. The van der Waals surface area contributed by atoms with Gasteiger partial charge in [-0.25, -0.2) is 4.39 Å². The Bertz CT molecular complexity index is 606. The molecule has 1 saturated heterocycles. The predicted octanol–water partition coefficient (Wildman–Crippen LogP) is 1.32. The van der Waals surface area contributed by atoms with Crippen LogP contribution in [0.15, 0.2) is 24.4 Å². The zero-order valence-corrected chi connectivity index (χ0v) is 11.9. The second-order valence-corrected chi connectivity index (χ2v) is 4.67. The molecule has 0 aliphatic carbocycles. The predicted molar refractivity (Wildman–Crippen MR) is 77.5 cm³/mol. The van der Waals surface area contributed by atoms with E-state index in [-0.39, 0.29) is 11.7 Å². The third kappa shape index (κ3) is 3.59. The standard InChI is InChI=1S/C14H15FN2O2.CH4O/c15-11-1-2-12-10(9-16-13(12)8-11)7-14(18)17-3-5-19-6-4-17;1-2/h1-2,8-9,16H,3-7H2;2H,1H3. The monoisotopic (exact) mass is 294 g/mol. The maximum atomic E-state index is 13.1. The van der Waals surface area contributed by atoms with Gasteiger partial charge in [-0.15, -0.1) is 0 Å². The highest BCUT2D eigenvalue weighted by atomic mass is 19.1. The number of nitrogens with zero attached hydrogens (tertiary/aromatic N) is 1. The van der Waals surface area contributed by atoms with Crippen LogP contribution in [0.3, 0.4) is 0 Å². The summed E-state index contributed by atoms with van der Waals surface area (Å²) in [4.78, 5) is 17.0. The Morgan fingerprint density at radius 3 is 2.81 bits per heavy atom. The van der Waals surface area contributed by atoms with Gasteiger partial charge in [0.15, 0.2) is 0 Å². The van der Waals surface area contributed by atoms with Gasteiger partial charge in [0.25, 0.3) is 0 Å². The third-order valence-corrected chi connectivity index (χ3v) is 3.43. The first-order valence-electron chi connectivity index (χ1n) is 6.80. The van der Waals surface area contributed by atoms with Gasteiger partial charge >= 0.3 is 0 Å². The number of aromatic amines is 1. The van der Waals surface area contributed by atoms with E-state index in [1.165, 1.54) is 12.1 Å². The summed E-state index contributed by atoms with van der Waals surface area (Å²) in [5.41, 5.74) is 1.64. The van der Waals surface area contributed by atoms with Gasteiger partial charge in [-0.1, -0.05) is 0 Å². The molecule has 2 N–H and O–H groups in total. The normalized spacial score (nSPS) is 14.7. The summed E-state index contributed by atoms with van der Waals surface area (Å²) in [5.74, 6) is -0.186. The van der Waals surface area contributed by atoms with E-state index in [4.69, 9.17) is 9.84 Å². The van der Waals surface area contributed by atoms with Gasteiger partial charge in [-0.3, -0.25) is 4.79 Å². The van der Waals surface area contributed by atoms with E-state index in [1.54, 1.807) is 12.3 Å². The van der Waals surface area contributed by atoms with Crippen LogP contribution in [-0.2, 0) is 16.0 Å². The number of fused-ring (bicyclic) bond motifs is 1. The molecule has 2 heterocycles. The van der Waals surface area contributed by atoms with Crippen molar-refractivity contribution in [1.29, 1.82) is 0 Å². The number of halogens is 1. The zero-order chi connectivity index (χ0) is 15.2. The number of aliphatic hydroxyl groups is 1. The van der Waals surface area contributed by atoms with Crippen LogP contribution < -0.4 is 0 Å². The highest BCUT2D eigenvalue weighted by Gasteiger charge is 2.18. The molecule has 6 heteroatoms. The van der Waals surface area contributed by atoms with Crippen molar-refractivity contribution in [2.24, 2.45) is 0 Å². The topological polar surface area (TPSA) is 65.6 Å². The molecule has 114 valence electrons. The highest BCUT2D eigenvalue weighted by molar-refractivity contribution is 5.89. The number of hydrogen-bond donors (Lipinski definition) is 2. The molecule has 1 aromatic heterocycles. The van der Waals surface area contributed by atoms with E-state index in [0.29, 0.717) is 32.7 Å². The first-order chi connectivity index (χ1) is 10.2. The maximum Gasteiger partial charge on any atom is 0.227 e. The quantitative estimate of drug-likeness (QED) is 0.878. The molecule has 0 radical (unpaired) electrons. The summed E-state index contributed by atoms with van der Waals surface area (Å²) in [6.45, 7) is 2.50. The average Bonchev–Trinajstić information content (AvgIpc) is 2.92. The molecule has 3 rings (SSSR count). The van der Waals surface area contributed by atoms with Crippen LogP contribution in [0.5, 0.6) is 0 Å². The van der Waals surface area contributed by atoms with Crippen molar-refractivity contribution in [2.45, 2.75) is 6.42 Å². The lowest BCUT2D eigenvalue weighted by molar-refractivity contribution is -0.134. The summed E-state index contributed by atoms with van der Waals surface area (Å²) in [5, 5.41) is 7.91. The molecular formula is C15H19FN2O3. The second-order valence-electron chi connectivity index (χ2n) is 4.67. The molecule has 0 saturated carbocycles. The minimum Gasteiger partial charge on any atom is -0.400 e. The molecule has 0 atom stereocenters. The number of nitrogens with one attached hydrogen (secondary N) is 1. The molecule has 1 fully saturated rings. The average molecular weight is 294 g/mol. The molecule has 5 nitrogen and oxygen atoms in total. The molecule has 1 amide bonds. The lowest BCUT2D eigenvalue weighted by atomic mass is 10.1. The fraction of sp³-hybridized carbons (Fsp3) is 0.400. The van der Waals surface area contributed by atoms with Crippen LogP contribution in [0.2, 0.25) is 0 Å². The van der Waals surface area contributed by atoms with Gasteiger partial charge in [0.2, 0.25) is 5.91 Å². The number of H-pyrrole nitrogens is 1. The Kier molecular flexibility index (Phi) is 5.30. The molecule has 0 bridgehead atoms. The van der Waals surface area contributed by atoms with Crippen molar-refractivity contribution in [3.8, 4) is 0 Å². The van der Waals surface area contributed by atoms with Crippen molar-refractivity contribution in [3.63, 3.8) is 0 Å². The lowest BCUT2D eigenvalue weighted by Crippen LogP contribution is -2.41. The molecule has 2 aromatic rings. The third-order valence-electron chi connectivity index (χ3n) is 3.43. The van der Waals surface area contributed by atoms with E-state index in [1.807, 2.05) is 4.90 Å². The molecule has 0 spiro atoms. The number of carbonyl (C=O) groups excluding carboxylic acids is 1. The smallest absolute Gasteiger partial charge is 0.227 e. The van der Waals surface area contributed by atoms with Crippen LogP contribution in [0, 0.1) is 5.82 Å². The van der Waals surface area contributed by atoms with E-state index < -0.39 is 0 Å². The number of amides is 1. The first kappa shape index (κ1) is 15.5. The van der Waals surface area contributed by atoms with Crippen LogP contribution in [0.4, 0.5) is 4.39 Å². The van der Waals surface area contributed by atoms with Crippen LogP contribution in [-0.4, -0.2) is 54.3 Å². The van der Waals surface area contributed by atoms with Crippen LogP contribution in [0.1, 0.15) is 5.56 Å². The Labute approximate surface area is 122 Å². The van der Waals surface area contributed by atoms with Crippen LogP contribution >= 0.6 is 0 Å². The number of aromatic nitrogens is 1. The van der Waals surface area contributed by atoms with Gasteiger partial charge in [0.05, 0.1) is 19.6 Å². The van der Waals surface area contributed by atoms with Crippen molar-refractivity contribution >= 4 is 16.8 Å². The molecule has 21 heavy (non-hydrogen) atoms. The van der Waals surface area contributed by atoms with Crippen molar-refractivity contribution in [1.82, 2.24) is 9.88 Å². The Morgan fingerprint density at radius 2 is 2.10 bits per heavy atom. The second kappa shape index (κ2) is 7.19. The number of carbonyl (C=O) groups is 1. The Hall–Kier alpha value is -1.92. The van der Waals surface area contributed by atoms with Gasteiger partial charge in [0.1, 0.15) is 5.82 Å². The van der Waals surface area contributed by atoms with E-state index in [0.717, 1.165) is 23.6 Å². The number of benzene rings is 1. The number of ether oxygens (including phenoxy) is 1. The highest BCUT2D eigenvalue weighted by Crippen LogP contribution is 2.20. The summed E-state index contributed by atoms with van der Waals surface area (Å²) < 4.78 is 18.3. The minimum atomic E-state index is -0.277. The molecule has 1 aromatic carbocycles. The van der Waals surface area contributed by atoms with Crippen molar-refractivity contribution in [3.05, 3.63) is 35.8 Å². The maximum absolute atomic E-state index is 13.1. The van der Waals surface area contributed by atoms with Gasteiger partial charge < -0.3 is 19.7 Å². The van der Waals surface area contributed by atoms with Crippen molar-refractivity contribution in [2.75, 3.05) is 33.4 Å². The Morgan fingerprint density at radius 1 is 1.38 bits per heavy atom. The fourth-order valence-corrected chi connectivity index (χ4v) is 2.39. The number of morpholine rings is 1. The summed E-state index contributed by atoms with van der Waals surface area (Å²) >= 11 is 0. The van der Waals surface area contributed by atoms with Gasteiger partial charge in [-0.2, -0.15) is 0 Å². The van der Waals surface area contributed by atoms with Gasteiger partial charge in [-0.05, 0) is 23.8 Å². The zero-order valence-electron chi connectivity index (χ0n) is 11.9. The largest absolute Gasteiger partial charge is 0.400 e. The number of rotatable bonds is 2. The summed E-state index contributed by atoms with van der Waals surface area (Å²) in [6.07, 6.45) is 2.12. The number of hydrogen-bond acceptors (Lipinski definition) is 3. The van der Waals surface area contributed by atoms with E-state index >= 15 is 0 Å². The molecule has 1 aliphatic rings. The van der Waals surface area contributed by atoms with Crippen molar-refractivity contribution < 1.29 is 19.0 Å². The summed E-state index contributed by atoms with van der Waals surface area (Å²) in [6, 6.07) is 4.57. The molecule has 1 aliphatic heterocycles. The summed E-state index contributed by atoms with van der Waals surface area (Å²) in [7, 11) is 1.00. The van der Waals surface area contributed by atoms with Gasteiger partial charge in [0, 0.05) is 37.3 Å².